The molecule has 29 heavy (non-hydrogen) atoms. The van der Waals surface area contributed by atoms with Gasteiger partial charge in [-0.3, -0.25) is 9.55 Å². The summed E-state index contributed by atoms with van der Waals surface area (Å²) >= 11 is 0. The van der Waals surface area contributed by atoms with Crippen LogP contribution in [0.25, 0.3) is 11.2 Å². The largest absolute Gasteiger partial charge is 0.350 e. The lowest BCUT2D eigenvalue weighted by Gasteiger charge is -2.13. The zero-order valence-electron chi connectivity index (χ0n) is 16.3. The highest BCUT2D eigenvalue weighted by Crippen LogP contribution is 2.24. The van der Waals surface area contributed by atoms with Crippen LogP contribution < -0.4 is 10.6 Å². The molecule has 4 aromatic rings. The van der Waals surface area contributed by atoms with Gasteiger partial charge in [-0.1, -0.05) is 32.0 Å². The number of fused-ring (bicyclic) bond motifs is 1. The normalized spacial score (nSPS) is 11.2. The van der Waals surface area contributed by atoms with Gasteiger partial charge >= 0.3 is 0 Å². The molecule has 148 valence electrons. The van der Waals surface area contributed by atoms with Crippen molar-refractivity contribution in [1.82, 2.24) is 24.5 Å². The number of imidazole rings is 1. The van der Waals surface area contributed by atoms with Gasteiger partial charge in [0.2, 0.25) is 11.9 Å². The van der Waals surface area contributed by atoms with Crippen LogP contribution in [0.5, 0.6) is 0 Å². The minimum Gasteiger partial charge on any atom is -0.350 e. The molecule has 3 heterocycles. The number of hydrogen-bond acceptors (Lipinski definition) is 6. The fourth-order valence-electron chi connectivity index (χ4n) is 3.00. The Morgan fingerprint density at radius 3 is 2.69 bits per heavy atom. The Labute approximate surface area is 168 Å². The van der Waals surface area contributed by atoms with Crippen molar-refractivity contribution < 1.29 is 4.39 Å². The number of rotatable bonds is 7. The zero-order valence-corrected chi connectivity index (χ0v) is 16.3. The van der Waals surface area contributed by atoms with Crippen LogP contribution in [0.15, 0.2) is 55.0 Å². The van der Waals surface area contributed by atoms with Crippen molar-refractivity contribution in [3.05, 3.63) is 66.4 Å². The van der Waals surface area contributed by atoms with Crippen LogP contribution in [0.1, 0.15) is 19.4 Å². The zero-order chi connectivity index (χ0) is 20.2. The molecular formula is C21H22FN7. The van der Waals surface area contributed by atoms with Gasteiger partial charge in [-0.15, -0.1) is 0 Å². The lowest BCUT2D eigenvalue weighted by molar-refractivity contribution is 0.534. The lowest BCUT2D eigenvalue weighted by Crippen LogP contribution is -2.10. The van der Waals surface area contributed by atoms with E-state index >= 15 is 0 Å². The van der Waals surface area contributed by atoms with Crippen LogP contribution in [-0.2, 0) is 13.1 Å². The average molecular weight is 391 g/mol. The van der Waals surface area contributed by atoms with E-state index in [-0.39, 0.29) is 5.82 Å². The molecule has 0 aliphatic heterocycles. The van der Waals surface area contributed by atoms with E-state index in [1.54, 1.807) is 36.8 Å². The van der Waals surface area contributed by atoms with E-state index in [1.165, 1.54) is 6.07 Å². The van der Waals surface area contributed by atoms with Gasteiger partial charge in [-0.25, -0.2) is 14.4 Å². The number of aromatic nitrogens is 5. The first-order valence-electron chi connectivity index (χ1n) is 9.48. The summed E-state index contributed by atoms with van der Waals surface area (Å²) in [4.78, 5) is 17.7. The van der Waals surface area contributed by atoms with Gasteiger partial charge in [0.15, 0.2) is 5.65 Å². The molecule has 0 aliphatic carbocycles. The minimum absolute atomic E-state index is 0.333. The summed E-state index contributed by atoms with van der Waals surface area (Å²) in [5.74, 6) is 1.07. The monoisotopic (exact) mass is 391 g/mol. The van der Waals surface area contributed by atoms with Crippen LogP contribution in [0.4, 0.5) is 22.0 Å². The van der Waals surface area contributed by atoms with Gasteiger partial charge < -0.3 is 10.6 Å². The van der Waals surface area contributed by atoms with Gasteiger partial charge in [0, 0.05) is 25.5 Å². The first kappa shape index (κ1) is 18.8. The number of anilines is 3. The molecule has 0 spiro atoms. The maximum atomic E-state index is 14.1. The molecule has 0 unspecified atom stereocenters. The summed E-state index contributed by atoms with van der Waals surface area (Å²) in [6.07, 6.45) is 5.21. The molecular weight excluding hydrogens is 369 g/mol. The molecule has 2 N–H and O–H groups in total. The van der Waals surface area contributed by atoms with Gasteiger partial charge in [-0.2, -0.15) is 4.98 Å². The van der Waals surface area contributed by atoms with Gasteiger partial charge in [-0.05, 0) is 29.7 Å². The van der Waals surface area contributed by atoms with Crippen molar-refractivity contribution in [3.8, 4) is 0 Å². The third kappa shape index (κ3) is 4.31. The quantitative estimate of drug-likeness (QED) is 0.487. The van der Waals surface area contributed by atoms with Crippen molar-refractivity contribution in [3.63, 3.8) is 0 Å². The van der Waals surface area contributed by atoms with E-state index < -0.39 is 0 Å². The maximum absolute atomic E-state index is 14.1. The van der Waals surface area contributed by atoms with Crippen LogP contribution in [-0.4, -0.2) is 24.5 Å². The molecule has 0 saturated carbocycles. The van der Waals surface area contributed by atoms with Crippen LogP contribution in [0.2, 0.25) is 0 Å². The first-order chi connectivity index (χ1) is 14.1. The predicted octanol–water partition coefficient (Wildman–Crippen LogP) is 4.37. The molecule has 1 aromatic carbocycles. The highest BCUT2D eigenvalue weighted by atomic mass is 19.1. The second-order valence-corrected chi connectivity index (χ2v) is 7.16. The van der Waals surface area contributed by atoms with Crippen LogP contribution in [0, 0.1) is 11.7 Å². The number of halogens is 1. The number of hydrogen-bond donors (Lipinski definition) is 2. The Morgan fingerprint density at radius 2 is 1.93 bits per heavy atom. The number of benzene rings is 1. The SMILES string of the molecule is CC(C)Cn1c(Nc2ccccc2F)nc2cnc(NCc3cccnc3)nc21. The van der Waals surface area contributed by atoms with E-state index in [2.05, 4.69) is 44.4 Å². The predicted molar refractivity (Wildman–Crippen MR) is 111 cm³/mol. The first-order valence-corrected chi connectivity index (χ1v) is 9.48. The number of pyridine rings is 1. The van der Waals surface area contributed by atoms with Crippen LogP contribution >= 0.6 is 0 Å². The molecule has 0 radical (unpaired) electrons. The van der Waals surface area contributed by atoms with Gasteiger partial charge in [0.25, 0.3) is 0 Å². The Balaban J connectivity index is 1.66. The molecule has 0 saturated heterocycles. The average Bonchev–Trinajstić information content (AvgIpc) is 3.05. The summed E-state index contributed by atoms with van der Waals surface area (Å²) in [5.41, 5.74) is 2.75. The lowest BCUT2D eigenvalue weighted by atomic mass is 10.2. The smallest absolute Gasteiger partial charge is 0.225 e. The molecule has 7 nitrogen and oxygen atoms in total. The third-order valence-electron chi connectivity index (χ3n) is 4.33. The third-order valence-corrected chi connectivity index (χ3v) is 4.33. The van der Waals surface area contributed by atoms with Crippen molar-refractivity contribution in [2.24, 2.45) is 5.92 Å². The summed E-state index contributed by atoms with van der Waals surface area (Å²) in [5, 5.41) is 6.31. The molecule has 0 bridgehead atoms. The molecule has 0 aliphatic rings. The Hall–Kier alpha value is -3.55. The van der Waals surface area contributed by atoms with E-state index in [9.17, 15) is 4.39 Å². The number of nitrogens with one attached hydrogen (secondary N) is 2. The fraction of sp³-hybridized carbons (Fsp3) is 0.238. The van der Waals surface area contributed by atoms with E-state index in [1.807, 2.05) is 16.7 Å². The fourth-order valence-corrected chi connectivity index (χ4v) is 3.00. The summed E-state index contributed by atoms with van der Waals surface area (Å²) in [6.45, 7) is 5.48. The molecule has 3 aromatic heterocycles. The molecule has 8 heteroatoms. The Kier molecular flexibility index (Phi) is 5.33. The molecule has 0 fully saturated rings. The van der Waals surface area contributed by atoms with Gasteiger partial charge in [0.05, 0.1) is 11.9 Å². The van der Waals surface area contributed by atoms with E-state index in [0.717, 1.165) is 5.56 Å². The summed E-state index contributed by atoms with van der Waals surface area (Å²) in [7, 11) is 0. The molecule has 0 atom stereocenters. The number of para-hydroxylation sites is 1. The molecule has 0 amide bonds. The standard InChI is InChI=1S/C21H22FN7/c1-14(2)13-29-19-18(27-21(29)26-17-8-4-3-7-16(17)22)12-25-20(28-19)24-11-15-6-5-9-23-10-15/h3-10,12,14H,11,13H2,1-2H3,(H,26,27)(H,24,25,28). The van der Waals surface area contributed by atoms with Crippen molar-refractivity contribution in [2.45, 2.75) is 26.9 Å². The number of nitrogens with zero attached hydrogens (tertiary/aromatic N) is 5. The van der Waals surface area contributed by atoms with Crippen molar-refractivity contribution >= 4 is 28.7 Å². The van der Waals surface area contributed by atoms with Crippen LogP contribution in [0.3, 0.4) is 0 Å². The van der Waals surface area contributed by atoms with Crippen molar-refractivity contribution in [1.29, 1.82) is 0 Å². The van der Waals surface area contributed by atoms with E-state index in [4.69, 9.17) is 0 Å². The highest BCUT2D eigenvalue weighted by molar-refractivity contribution is 5.76. The second-order valence-electron chi connectivity index (χ2n) is 7.16. The van der Waals surface area contributed by atoms with Crippen molar-refractivity contribution in [2.75, 3.05) is 10.6 Å². The van der Waals surface area contributed by atoms with E-state index in [0.29, 0.717) is 47.8 Å². The molecule has 4 rings (SSSR count). The minimum atomic E-state index is -0.333. The Bertz CT molecular complexity index is 1110. The highest BCUT2D eigenvalue weighted by Gasteiger charge is 2.16. The summed E-state index contributed by atoms with van der Waals surface area (Å²) in [6, 6.07) is 10.4. The second kappa shape index (κ2) is 8.22. The topological polar surface area (TPSA) is 80.5 Å². The van der Waals surface area contributed by atoms with Gasteiger partial charge in [0.1, 0.15) is 11.3 Å². The summed E-state index contributed by atoms with van der Waals surface area (Å²) < 4.78 is 16.1. The Morgan fingerprint density at radius 1 is 1.07 bits per heavy atom. The maximum Gasteiger partial charge on any atom is 0.225 e.